The second-order valence-electron chi connectivity index (χ2n) is 11.0. The highest BCUT2D eigenvalue weighted by atomic mass is 31.2. The van der Waals surface area contributed by atoms with Crippen molar-refractivity contribution in [1.82, 2.24) is 0 Å². The van der Waals surface area contributed by atoms with Crippen molar-refractivity contribution >= 4 is 14.1 Å². The minimum Gasteiger partial charge on any atom is -0.400 e. The predicted molar refractivity (Wildman–Crippen MR) is 172 cm³/mol. The Bertz CT molecular complexity index is 363. The van der Waals surface area contributed by atoms with Crippen molar-refractivity contribution in [3.63, 3.8) is 0 Å². The number of unbranched alkanes of at least 4 members (excludes halogenated alkanes) is 15. The summed E-state index contributed by atoms with van der Waals surface area (Å²) >= 11 is 0. The van der Waals surface area contributed by atoms with Crippen molar-refractivity contribution in [1.29, 1.82) is 0 Å². The fraction of sp³-hybridized carbons (Fsp3) is 0.969. The lowest BCUT2D eigenvalue weighted by atomic mass is 10.1. The molecule has 0 spiro atoms. The van der Waals surface area contributed by atoms with E-state index in [0.717, 1.165) is 27.5 Å². The van der Waals surface area contributed by atoms with E-state index in [4.69, 9.17) is 15.6 Å². The van der Waals surface area contributed by atoms with Crippen LogP contribution in [0.15, 0.2) is 0 Å². The van der Waals surface area contributed by atoms with Gasteiger partial charge in [-0.3, -0.25) is 0 Å². The Morgan fingerprint density at radius 3 is 1.00 bits per heavy atom. The highest BCUT2D eigenvalue weighted by molar-refractivity contribution is 7.75. The van der Waals surface area contributed by atoms with Crippen molar-refractivity contribution in [2.45, 2.75) is 163 Å². The molecule has 0 radical (unpaired) electrons. The molecule has 0 unspecified atom stereocenters. The Morgan fingerprint density at radius 1 is 0.553 bits per heavy atom. The standard InChI is InChI=1S/C27H59NP.C3H6F2.CH4O.CH2O/c1-4-7-10-13-16-19-24-29(27-22-23-28,25-20-17-14-11-8-5-2)26-21-18-15-12-9-6-3;1-3(2,4)5;2*1-2/h4-28H2,1-3H3;1-2H3;2H,1H3;1H2/q+1;;;. The molecule has 0 aliphatic carbocycles. The SMILES string of the molecule is C=O.CC(C)(F)F.CCCCCCCC[P+](CCCN)(CCCCCCCC)CCCCCCCC.CO. The number of hydrogen-bond donors (Lipinski definition) is 2. The van der Waals surface area contributed by atoms with E-state index >= 15 is 0 Å². The summed E-state index contributed by atoms with van der Waals surface area (Å²) in [6.07, 6.45) is 33.7. The number of nitrogens with two attached hydrogens (primary N) is 1. The molecule has 0 rings (SSSR count). The maximum Gasteiger partial charge on any atom is 0.242 e. The first-order chi connectivity index (χ1) is 18.2. The van der Waals surface area contributed by atoms with Gasteiger partial charge in [-0.15, -0.1) is 0 Å². The lowest BCUT2D eigenvalue weighted by Gasteiger charge is -2.28. The first kappa shape index (κ1) is 44.9. The van der Waals surface area contributed by atoms with Gasteiger partial charge in [0.1, 0.15) is 6.79 Å². The molecule has 0 aliphatic rings. The summed E-state index contributed by atoms with van der Waals surface area (Å²) < 4.78 is 22.0. The highest BCUT2D eigenvalue weighted by Gasteiger charge is 2.34. The van der Waals surface area contributed by atoms with E-state index in [-0.39, 0.29) is 0 Å². The molecule has 3 N–H and O–H groups in total. The smallest absolute Gasteiger partial charge is 0.242 e. The molecule has 0 saturated carbocycles. The second kappa shape index (κ2) is 36.9. The molecule has 0 aromatic rings. The molecule has 0 fully saturated rings. The molecule has 3 nitrogen and oxygen atoms in total. The van der Waals surface area contributed by atoms with Gasteiger partial charge in [-0.05, 0) is 65.3 Å². The summed E-state index contributed by atoms with van der Waals surface area (Å²) in [7, 11) is 0.241. The Kier molecular flexibility index (Phi) is 43.6. The molecular weight excluding hydrogens is 499 g/mol. The number of hydrogen-bond acceptors (Lipinski definition) is 3. The maximum atomic E-state index is 11.0. The zero-order valence-electron chi connectivity index (χ0n) is 26.8. The lowest BCUT2D eigenvalue weighted by molar-refractivity contribution is -0.0980. The number of carbonyl (C=O) groups is 1. The molecule has 0 amide bonds. The Balaban J connectivity index is -0.000000559. The molecule has 234 valence electrons. The molecule has 0 aromatic heterocycles. The quantitative estimate of drug-likeness (QED) is 0.0896. The average molecular weight is 571 g/mol. The summed E-state index contributed by atoms with van der Waals surface area (Å²) in [5.74, 6) is -2.50. The van der Waals surface area contributed by atoms with Crippen LogP contribution in [-0.4, -0.2) is 56.1 Å². The van der Waals surface area contributed by atoms with Crippen LogP contribution in [0.25, 0.3) is 0 Å². The van der Waals surface area contributed by atoms with Gasteiger partial charge in [0.15, 0.2) is 0 Å². The van der Waals surface area contributed by atoms with Crippen LogP contribution in [0.2, 0.25) is 0 Å². The fourth-order valence-electron chi connectivity index (χ4n) is 4.78. The minimum absolute atomic E-state index is 0.759. The molecule has 0 aliphatic heterocycles. The van der Waals surface area contributed by atoms with E-state index in [2.05, 4.69) is 20.8 Å². The van der Waals surface area contributed by atoms with Gasteiger partial charge < -0.3 is 15.6 Å². The van der Waals surface area contributed by atoms with E-state index in [1.807, 2.05) is 6.79 Å². The van der Waals surface area contributed by atoms with E-state index in [1.54, 1.807) is 18.5 Å². The van der Waals surface area contributed by atoms with Gasteiger partial charge in [0, 0.05) is 14.4 Å². The van der Waals surface area contributed by atoms with Crippen LogP contribution >= 0.6 is 7.26 Å². The number of rotatable bonds is 24. The number of alkyl halides is 2. The van der Waals surface area contributed by atoms with Crippen LogP contribution in [0.3, 0.4) is 0 Å². The van der Waals surface area contributed by atoms with Crippen molar-refractivity contribution in [3.8, 4) is 0 Å². The van der Waals surface area contributed by atoms with Gasteiger partial charge in [0.2, 0.25) is 5.92 Å². The lowest BCUT2D eigenvalue weighted by Crippen LogP contribution is -2.15. The van der Waals surface area contributed by atoms with Crippen molar-refractivity contribution < 1.29 is 18.7 Å². The topological polar surface area (TPSA) is 63.3 Å². The summed E-state index contributed by atoms with van der Waals surface area (Å²) in [5, 5.41) is 7.00. The van der Waals surface area contributed by atoms with E-state index in [1.165, 1.54) is 128 Å². The van der Waals surface area contributed by atoms with Crippen LogP contribution in [0.4, 0.5) is 8.78 Å². The zero-order valence-corrected chi connectivity index (χ0v) is 27.7. The summed E-state index contributed by atoms with van der Waals surface area (Å²) in [5.41, 5.74) is 5.98. The molecule has 6 heteroatoms. The largest absolute Gasteiger partial charge is 0.400 e. The van der Waals surface area contributed by atoms with Gasteiger partial charge in [-0.1, -0.05) is 97.8 Å². The number of aliphatic hydroxyl groups is 1. The summed E-state index contributed by atoms with van der Waals surface area (Å²) in [6.45, 7) is 11.6. The Labute approximate surface area is 239 Å². The van der Waals surface area contributed by atoms with Crippen LogP contribution in [0.5, 0.6) is 0 Å². The summed E-state index contributed by atoms with van der Waals surface area (Å²) in [6, 6.07) is 0. The Morgan fingerprint density at radius 2 is 0.763 bits per heavy atom. The average Bonchev–Trinajstić information content (AvgIpc) is 2.90. The van der Waals surface area contributed by atoms with Crippen molar-refractivity contribution in [2.24, 2.45) is 5.73 Å². The fourth-order valence-corrected chi connectivity index (χ4v) is 9.66. The third-order valence-electron chi connectivity index (χ3n) is 6.79. The third-order valence-corrected chi connectivity index (χ3v) is 11.9. The summed E-state index contributed by atoms with van der Waals surface area (Å²) in [4.78, 5) is 8.00. The Hall–Kier alpha value is -0.120. The zero-order chi connectivity index (χ0) is 30.0. The first-order valence-corrected chi connectivity index (χ1v) is 18.4. The molecular formula is C32H71F2NO2P+. The van der Waals surface area contributed by atoms with Crippen LogP contribution in [-0.2, 0) is 4.79 Å². The van der Waals surface area contributed by atoms with Crippen LogP contribution in [0, 0.1) is 0 Å². The van der Waals surface area contributed by atoms with Crippen LogP contribution < -0.4 is 5.73 Å². The normalized spacial score (nSPS) is 11.0. The highest BCUT2D eigenvalue weighted by Crippen LogP contribution is 2.61. The van der Waals surface area contributed by atoms with Gasteiger partial charge >= 0.3 is 0 Å². The van der Waals surface area contributed by atoms with Gasteiger partial charge in [-0.2, -0.15) is 0 Å². The van der Waals surface area contributed by atoms with Gasteiger partial charge in [-0.25, -0.2) is 8.78 Å². The molecule has 0 heterocycles. The number of halogens is 2. The van der Waals surface area contributed by atoms with Gasteiger partial charge in [0.25, 0.3) is 0 Å². The van der Waals surface area contributed by atoms with Gasteiger partial charge in [0.05, 0.1) is 24.6 Å². The molecule has 0 saturated heterocycles. The van der Waals surface area contributed by atoms with Crippen molar-refractivity contribution in [3.05, 3.63) is 0 Å². The molecule has 0 aromatic carbocycles. The number of carbonyl (C=O) groups excluding carboxylic acids is 1. The van der Waals surface area contributed by atoms with Crippen LogP contribution in [0.1, 0.15) is 157 Å². The molecule has 0 bridgehead atoms. The third kappa shape index (κ3) is 43.0. The van der Waals surface area contributed by atoms with Crippen molar-refractivity contribution in [2.75, 3.05) is 38.3 Å². The molecule has 0 atom stereocenters. The molecule has 38 heavy (non-hydrogen) atoms. The van der Waals surface area contributed by atoms with E-state index in [9.17, 15) is 8.78 Å². The predicted octanol–water partition coefficient (Wildman–Crippen LogP) is 10.5. The van der Waals surface area contributed by atoms with E-state index < -0.39 is 13.2 Å². The first-order valence-electron chi connectivity index (χ1n) is 15.9. The second-order valence-corrected chi connectivity index (χ2v) is 15.5. The van der Waals surface area contributed by atoms with E-state index in [0.29, 0.717) is 0 Å². The maximum absolute atomic E-state index is 11.0. The number of aliphatic hydroxyl groups excluding tert-OH is 1. The minimum atomic E-state index is -2.50. The monoisotopic (exact) mass is 571 g/mol.